The van der Waals surface area contributed by atoms with E-state index in [-0.39, 0.29) is 17.0 Å². The second-order valence-electron chi connectivity index (χ2n) is 6.75. The second-order valence-corrected chi connectivity index (χ2v) is 7.96. The van der Waals surface area contributed by atoms with E-state index in [0.29, 0.717) is 30.7 Å². The standard InChI is InChI=1S/C16H21N5O2S/c1-9-10(2)24-15-13(9)14(23)19-11(20-15)6-21-4-3-18-12(22)5-16(21)7-17-8-16/h17H,3-8H2,1-2H3,(H,18,22)(H,19,20,23). The van der Waals surface area contributed by atoms with E-state index >= 15 is 0 Å². The van der Waals surface area contributed by atoms with Crippen LogP contribution < -0.4 is 16.2 Å². The predicted octanol–water partition coefficient (Wildman–Crippen LogP) is 0.265. The van der Waals surface area contributed by atoms with E-state index in [9.17, 15) is 9.59 Å². The van der Waals surface area contributed by atoms with Gasteiger partial charge in [0.15, 0.2) is 0 Å². The van der Waals surface area contributed by atoms with Gasteiger partial charge in [0.05, 0.1) is 17.5 Å². The number of hydrogen-bond donors (Lipinski definition) is 3. The topological polar surface area (TPSA) is 90.1 Å². The van der Waals surface area contributed by atoms with Crippen LogP contribution in [-0.2, 0) is 11.3 Å². The molecule has 2 aromatic heterocycles. The number of nitrogens with zero attached hydrogens (tertiary/aromatic N) is 2. The van der Waals surface area contributed by atoms with Gasteiger partial charge in [0.25, 0.3) is 5.56 Å². The summed E-state index contributed by atoms with van der Waals surface area (Å²) in [7, 11) is 0. The van der Waals surface area contributed by atoms with E-state index in [1.54, 1.807) is 11.3 Å². The first kappa shape index (κ1) is 15.7. The Kier molecular flexibility index (Phi) is 3.70. The predicted molar refractivity (Wildman–Crippen MR) is 93.4 cm³/mol. The Morgan fingerprint density at radius 3 is 2.79 bits per heavy atom. The van der Waals surface area contributed by atoms with E-state index in [2.05, 4.69) is 25.5 Å². The highest BCUT2D eigenvalue weighted by molar-refractivity contribution is 7.18. The highest BCUT2D eigenvalue weighted by Gasteiger charge is 2.45. The van der Waals surface area contributed by atoms with Gasteiger partial charge >= 0.3 is 0 Å². The molecule has 2 aliphatic rings. The van der Waals surface area contributed by atoms with Gasteiger partial charge in [-0.15, -0.1) is 11.3 Å². The molecule has 0 unspecified atom stereocenters. The number of hydrogen-bond acceptors (Lipinski definition) is 6. The zero-order valence-electron chi connectivity index (χ0n) is 13.9. The first-order valence-corrected chi connectivity index (χ1v) is 9.01. The van der Waals surface area contributed by atoms with Crippen molar-refractivity contribution in [1.29, 1.82) is 0 Å². The van der Waals surface area contributed by atoms with Crippen molar-refractivity contribution < 1.29 is 4.79 Å². The molecule has 2 aromatic rings. The normalized spacial score (nSPS) is 20.8. The molecule has 0 radical (unpaired) electrons. The molecule has 0 aliphatic carbocycles. The van der Waals surface area contributed by atoms with E-state index in [4.69, 9.17) is 0 Å². The summed E-state index contributed by atoms with van der Waals surface area (Å²) in [5.41, 5.74) is 0.788. The van der Waals surface area contributed by atoms with Gasteiger partial charge in [-0.25, -0.2) is 4.98 Å². The van der Waals surface area contributed by atoms with Gasteiger partial charge in [-0.1, -0.05) is 0 Å². The summed E-state index contributed by atoms with van der Waals surface area (Å²) >= 11 is 1.56. The molecule has 2 fully saturated rings. The highest BCUT2D eigenvalue weighted by atomic mass is 32.1. The van der Waals surface area contributed by atoms with Crippen molar-refractivity contribution >= 4 is 27.5 Å². The van der Waals surface area contributed by atoms with Crippen molar-refractivity contribution in [2.75, 3.05) is 26.2 Å². The maximum atomic E-state index is 12.5. The molecule has 2 aliphatic heterocycles. The first-order valence-electron chi connectivity index (χ1n) is 8.20. The number of aryl methyl sites for hydroxylation is 2. The lowest BCUT2D eigenvalue weighted by Crippen LogP contribution is -2.69. The van der Waals surface area contributed by atoms with Gasteiger partial charge in [0.2, 0.25) is 5.91 Å². The lowest BCUT2D eigenvalue weighted by Gasteiger charge is -2.49. The molecule has 0 atom stereocenters. The van der Waals surface area contributed by atoms with Crippen LogP contribution in [0.3, 0.4) is 0 Å². The first-order chi connectivity index (χ1) is 11.5. The van der Waals surface area contributed by atoms with E-state index < -0.39 is 0 Å². The Morgan fingerprint density at radius 2 is 2.08 bits per heavy atom. The van der Waals surface area contributed by atoms with E-state index in [1.807, 2.05) is 13.8 Å². The van der Waals surface area contributed by atoms with Gasteiger partial charge in [-0.3, -0.25) is 14.5 Å². The average molecular weight is 347 g/mol. The number of H-pyrrole nitrogens is 1. The van der Waals surface area contributed by atoms with Crippen LogP contribution >= 0.6 is 11.3 Å². The van der Waals surface area contributed by atoms with Gasteiger partial charge in [0.1, 0.15) is 10.7 Å². The fourth-order valence-corrected chi connectivity index (χ4v) is 4.65. The quantitative estimate of drug-likeness (QED) is 0.725. The zero-order chi connectivity index (χ0) is 16.9. The van der Waals surface area contributed by atoms with Crippen LogP contribution in [0.25, 0.3) is 10.2 Å². The van der Waals surface area contributed by atoms with Crippen molar-refractivity contribution in [3.8, 4) is 0 Å². The minimum absolute atomic E-state index is 0.0679. The molecule has 1 spiro atoms. The Morgan fingerprint density at radius 1 is 1.29 bits per heavy atom. The van der Waals surface area contributed by atoms with Gasteiger partial charge in [0, 0.05) is 37.5 Å². The number of aromatic nitrogens is 2. The summed E-state index contributed by atoms with van der Waals surface area (Å²) in [5, 5.41) is 6.92. The van der Waals surface area contributed by atoms with Gasteiger partial charge in [-0.2, -0.15) is 0 Å². The lowest BCUT2D eigenvalue weighted by atomic mass is 9.86. The number of fused-ring (bicyclic) bond motifs is 1. The average Bonchev–Trinajstić information content (AvgIpc) is 2.66. The Bertz CT molecular complexity index is 867. The minimum atomic E-state index is -0.157. The van der Waals surface area contributed by atoms with Gasteiger partial charge < -0.3 is 15.6 Å². The van der Waals surface area contributed by atoms with Crippen LogP contribution in [0.2, 0.25) is 0 Å². The number of thiophene rings is 1. The molecule has 128 valence electrons. The summed E-state index contributed by atoms with van der Waals surface area (Å²) in [4.78, 5) is 36.2. The van der Waals surface area contributed by atoms with Crippen LogP contribution in [0.1, 0.15) is 22.7 Å². The van der Waals surface area contributed by atoms with Gasteiger partial charge in [-0.05, 0) is 19.4 Å². The molecule has 8 heteroatoms. The van der Waals surface area contributed by atoms with Crippen LogP contribution in [0.15, 0.2) is 4.79 Å². The molecular formula is C16H21N5O2S. The monoisotopic (exact) mass is 347 g/mol. The molecule has 7 nitrogen and oxygen atoms in total. The van der Waals surface area contributed by atoms with Crippen LogP contribution in [0.4, 0.5) is 0 Å². The highest BCUT2D eigenvalue weighted by Crippen LogP contribution is 2.29. The fourth-order valence-electron chi connectivity index (χ4n) is 3.60. The number of amides is 1. The molecule has 4 rings (SSSR count). The number of nitrogens with one attached hydrogen (secondary N) is 3. The van der Waals surface area contributed by atoms with Crippen molar-refractivity contribution in [1.82, 2.24) is 25.5 Å². The van der Waals surface area contributed by atoms with Crippen molar-refractivity contribution in [3.05, 3.63) is 26.6 Å². The van der Waals surface area contributed by atoms with E-state index in [1.165, 1.54) is 0 Å². The molecular weight excluding hydrogens is 326 g/mol. The Hall–Kier alpha value is -1.77. The van der Waals surface area contributed by atoms with Crippen molar-refractivity contribution in [2.45, 2.75) is 32.4 Å². The maximum absolute atomic E-state index is 12.5. The maximum Gasteiger partial charge on any atom is 0.259 e. The molecule has 1 amide bonds. The van der Waals surface area contributed by atoms with Crippen molar-refractivity contribution in [3.63, 3.8) is 0 Å². The third kappa shape index (κ3) is 2.45. The minimum Gasteiger partial charge on any atom is -0.355 e. The molecule has 3 N–H and O–H groups in total. The summed E-state index contributed by atoms with van der Waals surface area (Å²) in [6.07, 6.45) is 0.490. The van der Waals surface area contributed by atoms with Crippen molar-refractivity contribution in [2.24, 2.45) is 0 Å². The number of aromatic amines is 1. The summed E-state index contributed by atoms with van der Waals surface area (Å²) in [5.74, 6) is 0.773. The molecule has 2 saturated heterocycles. The second kappa shape index (κ2) is 5.65. The molecule has 0 saturated carbocycles. The molecule has 0 aromatic carbocycles. The lowest BCUT2D eigenvalue weighted by molar-refractivity contribution is -0.123. The smallest absolute Gasteiger partial charge is 0.259 e. The Labute approximate surface area is 143 Å². The van der Waals surface area contributed by atoms with Crippen LogP contribution in [-0.4, -0.2) is 52.5 Å². The molecule has 24 heavy (non-hydrogen) atoms. The summed E-state index contributed by atoms with van der Waals surface area (Å²) in [6.45, 7) is 7.52. The molecule has 0 bridgehead atoms. The van der Waals surface area contributed by atoms with Crippen LogP contribution in [0.5, 0.6) is 0 Å². The zero-order valence-corrected chi connectivity index (χ0v) is 14.7. The summed E-state index contributed by atoms with van der Waals surface area (Å²) < 4.78 is 0. The fraction of sp³-hybridized carbons (Fsp3) is 0.562. The number of rotatable bonds is 2. The third-order valence-corrected chi connectivity index (χ3v) is 6.30. The number of carbonyl (C=O) groups is 1. The SMILES string of the molecule is Cc1sc2nc(CN3CCNC(=O)CC34CNC4)[nH]c(=O)c2c1C. The Balaban J connectivity index is 1.68. The summed E-state index contributed by atoms with van der Waals surface area (Å²) in [6, 6.07) is 0. The van der Waals surface area contributed by atoms with E-state index in [0.717, 1.165) is 34.9 Å². The third-order valence-electron chi connectivity index (χ3n) is 5.20. The molecule has 4 heterocycles. The number of carbonyl (C=O) groups excluding carboxylic acids is 1. The largest absolute Gasteiger partial charge is 0.355 e. The van der Waals surface area contributed by atoms with Crippen LogP contribution in [0, 0.1) is 13.8 Å².